The van der Waals surface area contributed by atoms with Gasteiger partial charge < -0.3 is 5.32 Å². The van der Waals surface area contributed by atoms with E-state index in [1.807, 2.05) is 42.5 Å². The molecule has 7 heteroatoms. The van der Waals surface area contributed by atoms with Gasteiger partial charge >= 0.3 is 0 Å². The second-order valence-electron chi connectivity index (χ2n) is 7.67. The first kappa shape index (κ1) is 23.0. The summed E-state index contributed by atoms with van der Waals surface area (Å²) in [5, 5.41) is 8.29. The lowest BCUT2D eigenvalue weighted by molar-refractivity contribution is 0.0933. The van der Waals surface area contributed by atoms with Gasteiger partial charge in [-0.1, -0.05) is 63.6 Å². The van der Waals surface area contributed by atoms with Crippen LogP contribution < -0.4 is 5.32 Å². The minimum Gasteiger partial charge on any atom is -0.350 e. The molecule has 1 N–H and O–H groups in total. The minimum atomic E-state index is -0.143. The fourth-order valence-electron chi connectivity index (χ4n) is 3.88. The highest BCUT2D eigenvalue weighted by Crippen LogP contribution is 2.27. The summed E-state index contributed by atoms with van der Waals surface area (Å²) in [6.07, 6.45) is 3.35. The van der Waals surface area contributed by atoms with E-state index in [-0.39, 0.29) is 17.9 Å². The molecule has 1 unspecified atom stereocenters. The Kier molecular flexibility index (Phi) is 7.82. The van der Waals surface area contributed by atoms with Gasteiger partial charge in [-0.15, -0.1) is 0 Å². The number of carbonyl (C=O) groups excluding carboxylic acids is 1. The average molecular weight is 440 g/mol. The second kappa shape index (κ2) is 10.6. The van der Waals surface area contributed by atoms with Crippen molar-refractivity contribution in [3.05, 3.63) is 76.7 Å². The lowest BCUT2D eigenvalue weighted by atomic mass is 10.0. The number of pyridine rings is 1. The van der Waals surface area contributed by atoms with E-state index in [0.29, 0.717) is 22.9 Å². The van der Waals surface area contributed by atoms with Crippen molar-refractivity contribution in [3.63, 3.8) is 0 Å². The van der Waals surface area contributed by atoms with Crippen molar-refractivity contribution >= 4 is 17.5 Å². The van der Waals surface area contributed by atoms with Crippen molar-refractivity contribution < 1.29 is 4.79 Å². The Morgan fingerprint density at radius 1 is 1.13 bits per heavy atom. The molecule has 1 amide bonds. The van der Waals surface area contributed by atoms with Crippen LogP contribution in [0.1, 0.15) is 61.3 Å². The number of nitrogens with one attached hydrogen (secondary N) is 1. The maximum Gasteiger partial charge on any atom is 0.254 e. The van der Waals surface area contributed by atoms with E-state index in [4.69, 9.17) is 11.6 Å². The van der Waals surface area contributed by atoms with Crippen LogP contribution in [0.4, 0.5) is 0 Å². The summed E-state index contributed by atoms with van der Waals surface area (Å²) < 4.78 is 1.75. The highest BCUT2D eigenvalue weighted by molar-refractivity contribution is 6.31. The lowest BCUT2D eigenvalue weighted by Crippen LogP contribution is -2.38. The molecule has 0 bridgehead atoms. The molecule has 3 aromatic rings. The third kappa shape index (κ3) is 5.14. The van der Waals surface area contributed by atoms with Crippen LogP contribution in [0.3, 0.4) is 0 Å². The van der Waals surface area contributed by atoms with Crippen molar-refractivity contribution in [2.75, 3.05) is 19.6 Å². The summed E-state index contributed by atoms with van der Waals surface area (Å²) in [6.45, 7) is 10.5. The fourth-order valence-corrected chi connectivity index (χ4v) is 4.14. The van der Waals surface area contributed by atoms with Crippen LogP contribution in [0, 0.1) is 0 Å². The monoisotopic (exact) mass is 439 g/mol. The van der Waals surface area contributed by atoms with E-state index >= 15 is 0 Å². The van der Waals surface area contributed by atoms with E-state index in [1.54, 1.807) is 17.1 Å². The number of aromatic nitrogens is 3. The number of benzene rings is 1. The zero-order valence-electron chi connectivity index (χ0n) is 18.5. The second-order valence-corrected chi connectivity index (χ2v) is 8.07. The minimum absolute atomic E-state index is 0.0130. The van der Waals surface area contributed by atoms with Crippen molar-refractivity contribution in [2.45, 2.75) is 39.7 Å². The number of likely N-dealkylation sites (N-methyl/N-ethyl adjacent to an activating group) is 1. The normalized spacial score (nSPS) is 12.4. The number of carbonyl (C=O) groups is 1. The third-order valence-corrected chi connectivity index (χ3v) is 5.78. The molecule has 2 heterocycles. The van der Waals surface area contributed by atoms with Crippen LogP contribution in [0.25, 0.3) is 5.82 Å². The quantitative estimate of drug-likeness (QED) is 0.517. The van der Waals surface area contributed by atoms with Gasteiger partial charge in [-0.2, -0.15) is 5.10 Å². The van der Waals surface area contributed by atoms with Gasteiger partial charge in [0.15, 0.2) is 5.82 Å². The number of rotatable bonds is 9. The third-order valence-electron chi connectivity index (χ3n) is 5.44. The number of halogens is 1. The number of nitrogens with zero attached hydrogens (tertiary/aromatic N) is 4. The van der Waals surface area contributed by atoms with E-state index < -0.39 is 0 Å². The Balaban J connectivity index is 1.86. The molecule has 0 radical (unpaired) electrons. The zero-order valence-corrected chi connectivity index (χ0v) is 19.3. The Morgan fingerprint density at radius 2 is 1.84 bits per heavy atom. The SMILES string of the molecule is CCN(CC)C(CNC(=O)c1cnn(-c2ccccn2)c1C(C)C)c1ccccc1Cl. The molecule has 31 heavy (non-hydrogen) atoms. The molecule has 2 aromatic heterocycles. The highest BCUT2D eigenvalue weighted by Gasteiger charge is 2.24. The van der Waals surface area contributed by atoms with E-state index in [0.717, 1.165) is 24.3 Å². The molecule has 164 valence electrons. The molecular formula is C24H30ClN5O. The van der Waals surface area contributed by atoms with E-state index in [2.05, 4.69) is 48.0 Å². The molecule has 1 aromatic carbocycles. The van der Waals surface area contributed by atoms with Crippen LogP contribution in [0.15, 0.2) is 54.9 Å². The summed E-state index contributed by atoms with van der Waals surface area (Å²) in [7, 11) is 0. The molecule has 1 atom stereocenters. The van der Waals surface area contributed by atoms with Crippen LogP contribution in [0.5, 0.6) is 0 Å². The largest absolute Gasteiger partial charge is 0.350 e. The van der Waals surface area contributed by atoms with Crippen molar-refractivity contribution in [1.82, 2.24) is 25.0 Å². The van der Waals surface area contributed by atoms with E-state index in [9.17, 15) is 4.79 Å². The molecule has 3 rings (SSSR count). The van der Waals surface area contributed by atoms with Crippen molar-refractivity contribution in [2.24, 2.45) is 0 Å². The maximum absolute atomic E-state index is 13.2. The molecule has 6 nitrogen and oxygen atoms in total. The smallest absolute Gasteiger partial charge is 0.254 e. The van der Waals surface area contributed by atoms with Gasteiger partial charge in [0.1, 0.15) is 0 Å². The maximum atomic E-state index is 13.2. The Morgan fingerprint density at radius 3 is 2.45 bits per heavy atom. The van der Waals surface area contributed by atoms with Gasteiger partial charge in [-0.05, 0) is 42.8 Å². The molecular weight excluding hydrogens is 410 g/mol. The first-order valence-corrected chi connectivity index (χ1v) is 11.1. The predicted octanol–water partition coefficient (Wildman–Crippen LogP) is 4.86. The number of amides is 1. The van der Waals surface area contributed by atoms with Gasteiger partial charge in [0.2, 0.25) is 0 Å². The van der Waals surface area contributed by atoms with Gasteiger partial charge in [-0.25, -0.2) is 9.67 Å². The molecule has 0 fully saturated rings. The summed E-state index contributed by atoms with van der Waals surface area (Å²) in [4.78, 5) is 19.9. The molecule has 0 saturated carbocycles. The standard InChI is InChI=1S/C24H30ClN5O/c1-5-29(6-2)21(18-11-7-8-12-20(18)25)16-27-24(31)19-15-28-30(23(19)17(3)4)22-13-9-10-14-26-22/h7-15,17,21H,5-6,16H2,1-4H3,(H,27,31). The first-order valence-electron chi connectivity index (χ1n) is 10.7. The molecule has 0 aliphatic carbocycles. The Hall–Kier alpha value is -2.70. The summed E-state index contributed by atoms with van der Waals surface area (Å²) in [5.41, 5.74) is 2.42. The number of hydrogen-bond acceptors (Lipinski definition) is 4. The Bertz CT molecular complexity index is 998. The summed E-state index contributed by atoms with van der Waals surface area (Å²) in [6, 6.07) is 13.5. The average Bonchev–Trinajstić information content (AvgIpc) is 3.23. The molecule has 0 saturated heterocycles. The highest BCUT2D eigenvalue weighted by atomic mass is 35.5. The fraction of sp³-hybridized carbons (Fsp3) is 0.375. The molecule has 0 aliphatic heterocycles. The summed E-state index contributed by atoms with van der Waals surface area (Å²) in [5.74, 6) is 0.657. The predicted molar refractivity (Wildman–Crippen MR) is 125 cm³/mol. The van der Waals surface area contributed by atoms with Crippen LogP contribution in [-0.4, -0.2) is 45.2 Å². The van der Waals surface area contributed by atoms with Crippen LogP contribution in [-0.2, 0) is 0 Å². The lowest BCUT2D eigenvalue weighted by Gasteiger charge is -2.31. The molecule has 0 spiro atoms. The van der Waals surface area contributed by atoms with Crippen LogP contribution in [0.2, 0.25) is 5.02 Å². The van der Waals surface area contributed by atoms with Crippen molar-refractivity contribution in [3.8, 4) is 5.82 Å². The number of hydrogen-bond donors (Lipinski definition) is 1. The first-order chi connectivity index (χ1) is 15.0. The Labute approximate surface area is 189 Å². The van der Waals surface area contributed by atoms with Crippen LogP contribution >= 0.6 is 11.6 Å². The van der Waals surface area contributed by atoms with Gasteiger partial charge in [0, 0.05) is 17.8 Å². The molecule has 0 aliphatic rings. The van der Waals surface area contributed by atoms with Crippen molar-refractivity contribution in [1.29, 1.82) is 0 Å². The van der Waals surface area contributed by atoms with E-state index in [1.165, 1.54) is 0 Å². The topological polar surface area (TPSA) is 63.1 Å². The zero-order chi connectivity index (χ0) is 22.4. The van der Waals surface area contributed by atoms with Gasteiger partial charge in [0.05, 0.1) is 23.5 Å². The summed E-state index contributed by atoms with van der Waals surface area (Å²) >= 11 is 6.49. The van der Waals surface area contributed by atoms with Gasteiger partial charge in [0.25, 0.3) is 5.91 Å². The van der Waals surface area contributed by atoms with Gasteiger partial charge in [-0.3, -0.25) is 9.69 Å².